The number of benzene rings is 1. The van der Waals surface area contributed by atoms with Crippen molar-refractivity contribution in [3.63, 3.8) is 0 Å². The SMILES string of the molecule is O=C(SC1CCCCC1)C(C(=O)N(Cc1cncnc1)c1ccccn1)c1ccccc1. The fraction of sp³-hybridized carbons (Fsp3) is 0.320. The summed E-state index contributed by atoms with van der Waals surface area (Å²) in [5.74, 6) is -0.681. The predicted molar refractivity (Wildman–Crippen MR) is 126 cm³/mol. The smallest absolute Gasteiger partial charge is 0.244 e. The Morgan fingerprint density at radius 2 is 1.69 bits per heavy atom. The average molecular weight is 447 g/mol. The molecule has 0 aliphatic heterocycles. The highest BCUT2D eigenvalue weighted by molar-refractivity contribution is 8.14. The molecule has 32 heavy (non-hydrogen) atoms. The number of rotatable bonds is 7. The number of hydrogen-bond donors (Lipinski definition) is 0. The maximum Gasteiger partial charge on any atom is 0.244 e. The molecule has 1 saturated carbocycles. The molecule has 7 heteroatoms. The van der Waals surface area contributed by atoms with Gasteiger partial charge in [0.1, 0.15) is 18.1 Å². The predicted octanol–water partition coefficient (Wildman–Crippen LogP) is 4.78. The highest BCUT2D eigenvalue weighted by Gasteiger charge is 2.35. The number of amides is 1. The summed E-state index contributed by atoms with van der Waals surface area (Å²) in [6.07, 6.45) is 12.0. The molecule has 164 valence electrons. The van der Waals surface area contributed by atoms with Gasteiger partial charge in [-0.05, 0) is 30.5 Å². The van der Waals surface area contributed by atoms with E-state index in [1.165, 1.54) is 24.5 Å². The monoisotopic (exact) mass is 446 g/mol. The molecular weight excluding hydrogens is 420 g/mol. The van der Waals surface area contributed by atoms with Crippen LogP contribution in [0.3, 0.4) is 0 Å². The van der Waals surface area contributed by atoms with Crippen LogP contribution in [0, 0.1) is 0 Å². The van der Waals surface area contributed by atoms with Crippen molar-refractivity contribution in [1.29, 1.82) is 0 Å². The van der Waals surface area contributed by atoms with Crippen molar-refractivity contribution < 1.29 is 9.59 Å². The lowest BCUT2D eigenvalue weighted by Gasteiger charge is -2.27. The molecule has 0 radical (unpaired) electrons. The number of hydrogen-bond acceptors (Lipinski definition) is 6. The number of aromatic nitrogens is 3. The highest BCUT2D eigenvalue weighted by Crippen LogP contribution is 2.34. The Hall–Kier alpha value is -3.06. The van der Waals surface area contributed by atoms with Gasteiger partial charge in [0.2, 0.25) is 11.0 Å². The molecule has 6 nitrogen and oxygen atoms in total. The number of carbonyl (C=O) groups is 2. The minimum absolute atomic E-state index is 0.0988. The van der Waals surface area contributed by atoms with Crippen molar-refractivity contribution in [3.8, 4) is 0 Å². The molecule has 1 aliphatic carbocycles. The minimum Gasteiger partial charge on any atom is -0.291 e. The lowest BCUT2D eigenvalue weighted by atomic mass is 9.98. The van der Waals surface area contributed by atoms with Crippen LogP contribution in [0.15, 0.2) is 73.4 Å². The molecule has 1 aromatic carbocycles. The van der Waals surface area contributed by atoms with Gasteiger partial charge in [0.05, 0.1) is 6.54 Å². The number of pyridine rings is 1. The third-order valence-corrected chi connectivity index (χ3v) is 6.87. The molecular formula is C25H26N4O2S. The maximum absolute atomic E-state index is 13.9. The minimum atomic E-state index is -0.894. The van der Waals surface area contributed by atoms with Gasteiger partial charge >= 0.3 is 0 Å². The molecule has 0 N–H and O–H groups in total. The molecule has 0 saturated heterocycles. The van der Waals surface area contributed by atoms with E-state index in [-0.39, 0.29) is 22.8 Å². The van der Waals surface area contributed by atoms with Gasteiger partial charge in [-0.15, -0.1) is 0 Å². The van der Waals surface area contributed by atoms with Crippen molar-refractivity contribution >= 4 is 28.6 Å². The summed E-state index contributed by atoms with van der Waals surface area (Å²) in [5, 5.41) is 0.180. The molecule has 4 rings (SSSR count). The molecule has 0 bridgehead atoms. The van der Waals surface area contributed by atoms with Gasteiger partial charge in [-0.2, -0.15) is 0 Å². The Bertz CT molecular complexity index is 1010. The summed E-state index contributed by atoms with van der Waals surface area (Å²) < 4.78 is 0. The van der Waals surface area contributed by atoms with Crippen LogP contribution in [0.1, 0.15) is 49.1 Å². The summed E-state index contributed by atoms with van der Waals surface area (Å²) in [6.45, 7) is 0.237. The van der Waals surface area contributed by atoms with E-state index >= 15 is 0 Å². The van der Waals surface area contributed by atoms with Crippen molar-refractivity contribution in [2.45, 2.75) is 49.8 Å². The van der Waals surface area contributed by atoms with Crippen molar-refractivity contribution in [2.24, 2.45) is 0 Å². The Balaban J connectivity index is 1.66. The van der Waals surface area contributed by atoms with Gasteiger partial charge < -0.3 is 0 Å². The lowest BCUT2D eigenvalue weighted by molar-refractivity contribution is -0.125. The Labute approximate surface area is 192 Å². The van der Waals surface area contributed by atoms with Crippen LogP contribution in [0.4, 0.5) is 5.82 Å². The number of anilines is 1. The van der Waals surface area contributed by atoms with Crippen molar-refractivity contribution in [3.05, 3.63) is 84.6 Å². The Morgan fingerprint density at radius 3 is 2.38 bits per heavy atom. The largest absolute Gasteiger partial charge is 0.291 e. The van der Waals surface area contributed by atoms with E-state index < -0.39 is 5.92 Å². The number of nitrogens with zero attached hydrogens (tertiary/aromatic N) is 4. The molecule has 2 heterocycles. The number of carbonyl (C=O) groups excluding carboxylic acids is 2. The van der Waals surface area contributed by atoms with Crippen LogP contribution >= 0.6 is 11.8 Å². The summed E-state index contributed by atoms with van der Waals surface area (Å²) in [6, 6.07) is 14.7. The first kappa shape index (κ1) is 22.1. The second-order valence-corrected chi connectivity index (χ2v) is 9.20. The van der Waals surface area contributed by atoms with E-state index in [9.17, 15) is 9.59 Å². The van der Waals surface area contributed by atoms with Crippen LogP contribution < -0.4 is 4.90 Å². The van der Waals surface area contributed by atoms with Gasteiger partial charge in [-0.25, -0.2) is 15.0 Å². The fourth-order valence-electron chi connectivity index (χ4n) is 3.98. The van der Waals surface area contributed by atoms with Crippen LogP contribution in [0.25, 0.3) is 0 Å². The molecule has 1 amide bonds. The second-order valence-electron chi connectivity index (χ2n) is 7.90. The van der Waals surface area contributed by atoms with Crippen LogP contribution in [-0.4, -0.2) is 31.2 Å². The van der Waals surface area contributed by atoms with Crippen LogP contribution in [-0.2, 0) is 16.1 Å². The van der Waals surface area contributed by atoms with E-state index in [2.05, 4.69) is 15.0 Å². The van der Waals surface area contributed by atoms with Crippen LogP contribution in [0.5, 0.6) is 0 Å². The van der Waals surface area contributed by atoms with E-state index in [4.69, 9.17) is 0 Å². The van der Waals surface area contributed by atoms with E-state index in [0.29, 0.717) is 11.4 Å². The molecule has 3 aromatic rings. The average Bonchev–Trinajstić information content (AvgIpc) is 2.85. The molecule has 0 spiro atoms. The quantitative estimate of drug-likeness (QED) is 0.486. The van der Waals surface area contributed by atoms with Gasteiger partial charge in [-0.1, -0.05) is 67.4 Å². The lowest BCUT2D eigenvalue weighted by Crippen LogP contribution is -2.38. The molecule has 1 aliphatic rings. The van der Waals surface area contributed by atoms with Gasteiger partial charge in [0.25, 0.3) is 0 Å². The normalized spacial score (nSPS) is 15.1. The topological polar surface area (TPSA) is 76.1 Å². The fourth-order valence-corrected chi connectivity index (χ4v) is 5.25. The summed E-state index contributed by atoms with van der Waals surface area (Å²) in [5.41, 5.74) is 1.47. The van der Waals surface area contributed by atoms with Crippen molar-refractivity contribution in [2.75, 3.05) is 4.90 Å². The summed E-state index contributed by atoms with van der Waals surface area (Å²) in [7, 11) is 0. The van der Waals surface area contributed by atoms with Gasteiger partial charge in [0.15, 0.2) is 0 Å². The zero-order chi connectivity index (χ0) is 22.2. The molecule has 1 fully saturated rings. The molecule has 2 aromatic heterocycles. The summed E-state index contributed by atoms with van der Waals surface area (Å²) in [4.78, 5) is 41.5. The van der Waals surface area contributed by atoms with E-state index in [1.807, 2.05) is 36.4 Å². The van der Waals surface area contributed by atoms with Crippen LogP contribution in [0.2, 0.25) is 0 Å². The first-order chi connectivity index (χ1) is 15.7. The third kappa shape index (κ3) is 5.59. The van der Waals surface area contributed by atoms with E-state index in [0.717, 1.165) is 31.2 Å². The van der Waals surface area contributed by atoms with Gasteiger partial charge in [-0.3, -0.25) is 14.5 Å². The second kappa shape index (κ2) is 11.0. The number of thioether (sulfide) groups is 1. The standard InChI is InChI=1S/C25H26N4O2S/c30-24(29(22-13-7-8-14-28-22)17-19-15-26-18-27-16-19)23(20-9-3-1-4-10-20)25(31)32-21-11-5-2-6-12-21/h1,3-4,7-10,13-16,18,21,23H,2,5-6,11-12,17H2. The molecule has 1 atom stereocenters. The first-order valence-corrected chi connectivity index (χ1v) is 11.8. The van der Waals surface area contributed by atoms with Gasteiger partial charge in [0, 0.05) is 29.4 Å². The zero-order valence-electron chi connectivity index (χ0n) is 17.8. The third-order valence-electron chi connectivity index (χ3n) is 5.60. The highest BCUT2D eigenvalue weighted by atomic mass is 32.2. The summed E-state index contributed by atoms with van der Waals surface area (Å²) >= 11 is 1.34. The van der Waals surface area contributed by atoms with Crippen molar-refractivity contribution in [1.82, 2.24) is 15.0 Å². The maximum atomic E-state index is 13.9. The van der Waals surface area contributed by atoms with E-state index in [1.54, 1.807) is 35.6 Å². The molecule has 1 unspecified atom stereocenters. The zero-order valence-corrected chi connectivity index (χ0v) is 18.7. The Morgan fingerprint density at radius 1 is 0.969 bits per heavy atom. The Kier molecular flexibility index (Phi) is 7.61. The first-order valence-electron chi connectivity index (χ1n) is 10.9.